The summed E-state index contributed by atoms with van der Waals surface area (Å²) in [6.45, 7) is 0.189. The Morgan fingerprint density at radius 2 is 1.85 bits per heavy atom. The summed E-state index contributed by atoms with van der Waals surface area (Å²) >= 11 is 3.35. The van der Waals surface area contributed by atoms with Gasteiger partial charge in [0.15, 0.2) is 0 Å². The van der Waals surface area contributed by atoms with E-state index in [9.17, 15) is 19.7 Å². The molecular weight excluding hydrogens is 406 g/mol. The fraction of sp³-hybridized carbons (Fsp3) is 0.0588. The van der Waals surface area contributed by atoms with Crippen LogP contribution in [0, 0.1) is 10.1 Å². The lowest BCUT2D eigenvalue weighted by Gasteiger charge is -2.10. The monoisotopic (exact) mass is 417 g/mol. The molecule has 1 aliphatic heterocycles. The molecule has 1 saturated heterocycles. The fourth-order valence-corrected chi connectivity index (χ4v) is 2.66. The fourth-order valence-electron chi connectivity index (χ4n) is 2.28. The molecule has 3 rings (SSSR count). The van der Waals surface area contributed by atoms with Crippen LogP contribution in [0.1, 0.15) is 11.1 Å². The molecule has 9 heteroatoms. The number of imide groups is 1. The van der Waals surface area contributed by atoms with Gasteiger partial charge in [0.25, 0.3) is 11.6 Å². The first kappa shape index (κ1) is 17.6. The molecule has 3 amide bonds. The molecule has 8 nitrogen and oxygen atoms in total. The highest BCUT2D eigenvalue weighted by molar-refractivity contribution is 9.10. The predicted molar refractivity (Wildman–Crippen MR) is 96.2 cm³/mol. The van der Waals surface area contributed by atoms with Gasteiger partial charge in [-0.1, -0.05) is 15.9 Å². The van der Waals surface area contributed by atoms with Gasteiger partial charge in [-0.2, -0.15) is 0 Å². The summed E-state index contributed by atoms with van der Waals surface area (Å²) in [4.78, 5) is 33.1. The van der Waals surface area contributed by atoms with Crippen molar-refractivity contribution in [1.29, 1.82) is 0 Å². The largest absolute Gasteiger partial charge is 0.488 e. The van der Waals surface area contributed by atoms with Crippen molar-refractivity contribution in [2.24, 2.45) is 0 Å². The molecule has 0 saturated carbocycles. The van der Waals surface area contributed by atoms with Crippen LogP contribution in [-0.4, -0.2) is 16.9 Å². The Bertz CT molecular complexity index is 924. The van der Waals surface area contributed by atoms with Gasteiger partial charge in [0.1, 0.15) is 18.1 Å². The maximum Gasteiger partial charge on any atom is 0.326 e. The summed E-state index contributed by atoms with van der Waals surface area (Å²) in [6, 6.07) is 10.7. The number of nitrogens with one attached hydrogen (secondary N) is 2. The van der Waals surface area contributed by atoms with Gasteiger partial charge in [-0.25, -0.2) is 4.79 Å². The number of nitrogens with zero attached hydrogens (tertiary/aromatic N) is 1. The third-order valence-electron chi connectivity index (χ3n) is 3.53. The van der Waals surface area contributed by atoms with E-state index in [0.717, 1.165) is 10.0 Å². The third-order valence-corrected chi connectivity index (χ3v) is 4.03. The van der Waals surface area contributed by atoms with E-state index in [2.05, 4.69) is 26.6 Å². The molecule has 26 heavy (non-hydrogen) atoms. The van der Waals surface area contributed by atoms with Crippen LogP contribution < -0.4 is 15.4 Å². The minimum Gasteiger partial charge on any atom is -0.488 e. The molecule has 0 radical (unpaired) electrons. The van der Waals surface area contributed by atoms with Crippen LogP contribution in [0.25, 0.3) is 6.08 Å². The van der Waals surface area contributed by atoms with E-state index in [1.807, 2.05) is 0 Å². The molecule has 1 heterocycles. The quantitative estimate of drug-likeness (QED) is 0.336. The number of ether oxygens (including phenoxy) is 1. The average molecular weight is 418 g/mol. The number of nitro groups is 1. The van der Waals surface area contributed by atoms with Crippen LogP contribution in [0.15, 0.2) is 52.6 Å². The molecule has 132 valence electrons. The highest BCUT2D eigenvalue weighted by atomic mass is 79.9. The lowest BCUT2D eigenvalue weighted by molar-refractivity contribution is -0.384. The number of halogens is 1. The molecule has 0 aromatic heterocycles. The van der Waals surface area contributed by atoms with Gasteiger partial charge in [0.05, 0.1) is 4.92 Å². The number of urea groups is 1. The second-order valence-corrected chi connectivity index (χ2v) is 6.28. The number of nitro benzene ring substituents is 1. The van der Waals surface area contributed by atoms with Crippen LogP contribution in [0.4, 0.5) is 10.5 Å². The van der Waals surface area contributed by atoms with Crippen molar-refractivity contribution in [2.45, 2.75) is 6.61 Å². The summed E-state index contributed by atoms with van der Waals surface area (Å²) in [5.41, 5.74) is 1.47. The maximum absolute atomic E-state index is 11.7. The average Bonchev–Trinajstić information content (AvgIpc) is 2.92. The van der Waals surface area contributed by atoms with Crippen LogP contribution >= 0.6 is 15.9 Å². The molecule has 2 N–H and O–H groups in total. The van der Waals surface area contributed by atoms with E-state index in [1.54, 1.807) is 30.3 Å². The Hall–Kier alpha value is -3.20. The van der Waals surface area contributed by atoms with Crippen molar-refractivity contribution >= 4 is 39.6 Å². The molecule has 0 bridgehead atoms. The summed E-state index contributed by atoms with van der Waals surface area (Å²) in [5, 5.41) is 15.2. The number of rotatable bonds is 5. The Morgan fingerprint density at radius 3 is 2.46 bits per heavy atom. The van der Waals surface area contributed by atoms with E-state index >= 15 is 0 Å². The number of hydrogen-bond acceptors (Lipinski definition) is 5. The smallest absolute Gasteiger partial charge is 0.326 e. The zero-order valence-corrected chi connectivity index (χ0v) is 14.8. The highest BCUT2D eigenvalue weighted by Gasteiger charge is 2.23. The Kier molecular flexibility index (Phi) is 4.99. The molecule has 2 aromatic rings. The van der Waals surface area contributed by atoms with Gasteiger partial charge in [-0.05, 0) is 42.0 Å². The Morgan fingerprint density at radius 1 is 1.12 bits per heavy atom. The summed E-state index contributed by atoms with van der Waals surface area (Å²) in [5.74, 6) is -0.0238. The zero-order chi connectivity index (χ0) is 18.7. The minimum absolute atomic E-state index is 0.00537. The third kappa shape index (κ3) is 4.06. The first-order valence-corrected chi connectivity index (χ1v) is 8.21. The maximum atomic E-state index is 11.7. The van der Waals surface area contributed by atoms with Gasteiger partial charge in [-0.3, -0.25) is 20.2 Å². The van der Waals surface area contributed by atoms with Crippen LogP contribution in [0.5, 0.6) is 5.75 Å². The van der Waals surface area contributed by atoms with Crippen molar-refractivity contribution in [1.82, 2.24) is 10.6 Å². The Balaban J connectivity index is 1.80. The molecule has 0 aliphatic carbocycles. The second kappa shape index (κ2) is 7.36. The van der Waals surface area contributed by atoms with E-state index in [0.29, 0.717) is 11.3 Å². The minimum atomic E-state index is -0.579. The number of non-ortho nitro benzene ring substituents is 1. The van der Waals surface area contributed by atoms with E-state index in [-0.39, 0.29) is 18.0 Å². The van der Waals surface area contributed by atoms with E-state index in [1.165, 1.54) is 18.2 Å². The standard InChI is InChI=1S/C17H12BrN3O5/c18-12-3-6-15(11(7-12)8-14-16(22)20-17(23)19-14)26-9-10-1-4-13(5-2-10)21(24)25/h1-8H,9H2,(H2,19,20,22,23)/b14-8+. The van der Waals surface area contributed by atoms with Gasteiger partial charge < -0.3 is 10.1 Å². The van der Waals surface area contributed by atoms with Crippen LogP contribution in [-0.2, 0) is 11.4 Å². The topological polar surface area (TPSA) is 111 Å². The van der Waals surface area contributed by atoms with Gasteiger partial charge in [-0.15, -0.1) is 0 Å². The van der Waals surface area contributed by atoms with Crippen LogP contribution in [0.2, 0.25) is 0 Å². The summed E-state index contributed by atoms with van der Waals surface area (Å²) < 4.78 is 6.55. The van der Waals surface area contributed by atoms with Crippen molar-refractivity contribution in [3.05, 3.63) is 73.9 Å². The molecule has 1 fully saturated rings. The number of benzene rings is 2. The summed E-state index contributed by atoms with van der Waals surface area (Å²) in [7, 11) is 0. The number of amides is 3. The second-order valence-electron chi connectivity index (χ2n) is 5.36. The van der Waals surface area contributed by atoms with Crippen LogP contribution in [0.3, 0.4) is 0 Å². The van der Waals surface area contributed by atoms with Gasteiger partial charge in [0.2, 0.25) is 0 Å². The van der Waals surface area contributed by atoms with Crippen molar-refractivity contribution in [3.8, 4) is 5.75 Å². The predicted octanol–water partition coefficient (Wildman–Crippen LogP) is 3.12. The molecule has 0 unspecified atom stereocenters. The van der Waals surface area contributed by atoms with Crippen molar-refractivity contribution in [3.63, 3.8) is 0 Å². The first-order valence-electron chi connectivity index (χ1n) is 7.42. The molecule has 0 atom stereocenters. The summed E-state index contributed by atoms with van der Waals surface area (Å²) in [6.07, 6.45) is 1.51. The Labute approximate surface area is 156 Å². The number of carbonyl (C=O) groups excluding carboxylic acids is 2. The van der Waals surface area contributed by atoms with E-state index in [4.69, 9.17) is 4.74 Å². The first-order chi connectivity index (χ1) is 12.4. The highest BCUT2D eigenvalue weighted by Crippen LogP contribution is 2.27. The lowest BCUT2D eigenvalue weighted by Crippen LogP contribution is -2.22. The van der Waals surface area contributed by atoms with Gasteiger partial charge >= 0.3 is 6.03 Å². The molecular formula is C17H12BrN3O5. The molecule has 0 spiro atoms. The SMILES string of the molecule is O=C1NC(=O)/C(=C\c2cc(Br)ccc2OCc2ccc([N+](=O)[O-])cc2)N1. The number of carbonyl (C=O) groups is 2. The van der Waals surface area contributed by atoms with Crippen molar-refractivity contribution < 1.29 is 19.2 Å². The number of hydrogen-bond donors (Lipinski definition) is 2. The van der Waals surface area contributed by atoms with E-state index < -0.39 is 16.9 Å². The zero-order valence-electron chi connectivity index (χ0n) is 13.2. The lowest BCUT2D eigenvalue weighted by atomic mass is 10.1. The normalized spacial score (nSPS) is 14.9. The van der Waals surface area contributed by atoms with Gasteiger partial charge in [0, 0.05) is 22.2 Å². The molecule has 1 aliphatic rings. The van der Waals surface area contributed by atoms with Crippen molar-refractivity contribution in [2.75, 3.05) is 0 Å². The molecule has 2 aromatic carbocycles.